The minimum atomic E-state index is 0.0729. The molecule has 94 valence electrons. The van der Waals surface area contributed by atoms with Gasteiger partial charge in [0.25, 0.3) is 0 Å². The Bertz CT molecular complexity index is 217. The van der Waals surface area contributed by atoms with Gasteiger partial charge in [-0.05, 0) is 20.4 Å². The molecule has 1 rings (SSSR count). The van der Waals surface area contributed by atoms with Crippen LogP contribution in [0.25, 0.3) is 0 Å². The van der Waals surface area contributed by atoms with Gasteiger partial charge in [0.2, 0.25) is 5.91 Å². The molecule has 0 bridgehead atoms. The van der Waals surface area contributed by atoms with Gasteiger partial charge in [0.05, 0.1) is 6.61 Å². The monoisotopic (exact) mass is 229 g/mol. The van der Waals surface area contributed by atoms with Crippen molar-refractivity contribution < 1.29 is 9.53 Å². The van der Waals surface area contributed by atoms with Crippen molar-refractivity contribution >= 4 is 5.91 Å². The number of nitrogens with zero attached hydrogens (tertiary/aromatic N) is 1. The molecule has 1 fully saturated rings. The summed E-state index contributed by atoms with van der Waals surface area (Å²) in [5.74, 6) is 0.0729. The van der Waals surface area contributed by atoms with Crippen LogP contribution in [0, 0.1) is 0 Å². The Balaban J connectivity index is 2.42. The number of likely N-dealkylation sites (N-methyl/N-ethyl adjacent to an activating group) is 1. The van der Waals surface area contributed by atoms with Crippen molar-refractivity contribution in [3.8, 4) is 0 Å². The van der Waals surface area contributed by atoms with Crippen molar-refractivity contribution in [1.29, 1.82) is 0 Å². The first-order valence-electron chi connectivity index (χ1n) is 5.95. The van der Waals surface area contributed by atoms with Crippen LogP contribution < -0.4 is 11.1 Å². The van der Waals surface area contributed by atoms with E-state index in [1.54, 1.807) is 0 Å². The van der Waals surface area contributed by atoms with E-state index in [0.29, 0.717) is 25.6 Å². The lowest BCUT2D eigenvalue weighted by molar-refractivity contribution is -0.122. The van der Waals surface area contributed by atoms with E-state index < -0.39 is 0 Å². The molecule has 0 saturated carbocycles. The van der Waals surface area contributed by atoms with Crippen LogP contribution in [0.1, 0.15) is 19.8 Å². The Morgan fingerprint density at radius 2 is 2.44 bits per heavy atom. The third-order valence-corrected chi connectivity index (χ3v) is 3.12. The Morgan fingerprint density at radius 1 is 1.69 bits per heavy atom. The van der Waals surface area contributed by atoms with Crippen LogP contribution in [0.5, 0.6) is 0 Å². The number of hydrogen-bond donors (Lipinski definition) is 2. The molecule has 1 aliphatic rings. The summed E-state index contributed by atoms with van der Waals surface area (Å²) < 4.78 is 5.34. The molecule has 1 aliphatic heterocycles. The Kier molecular flexibility index (Phi) is 5.73. The number of ether oxygens (including phenoxy) is 1. The topological polar surface area (TPSA) is 67.6 Å². The molecular weight excluding hydrogens is 206 g/mol. The first-order chi connectivity index (χ1) is 7.69. The lowest BCUT2D eigenvalue weighted by Crippen LogP contribution is -2.47. The van der Waals surface area contributed by atoms with Gasteiger partial charge >= 0.3 is 0 Å². The van der Waals surface area contributed by atoms with Crippen LogP contribution in [-0.4, -0.2) is 56.2 Å². The molecule has 1 saturated heterocycles. The first kappa shape index (κ1) is 13.4. The highest BCUT2D eigenvalue weighted by atomic mass is 16.5. The number of amides is 1. The molecule has 2 atom stereocenters. The number of nitrogens with two attached hydrogens (primary N) is 1. The molecule has 16 heavy (non-hydrogen) atoms. The van der Waals surface area contributed by atoms with Gasteiger partial charge in [0, 0.05) is 38.2 Å². The smallest absolute Gasteiger partial charge is 0.221 e. The van der Waals surface area contributed by atoms with Crippen LogP contribution in [0.4, 0.5) is 0 Å². The van der Waals surface area contributed by atoms with Crippen molar-refractivity contribution in [1.82, 2.24) is 10.2 Å². The second kappa shape index (κ2) is 6.83. The molecule has 0 aromatic heterocycles. The fourth-order valence-electron chi connectivity index (χ4n) is 2.02. The van der Waals surface area contributed by atoms with E-state index in [1.165, 1.54) is 0 Å². The maximum Gasteiger partial charge on any atom is 0.221 e. The van der Waals surface area contributed by atoms with Gasteiger partial charge in [-0.3, -0.25) is 9.69 Å². The van der Waals surface area contributed by atoms with Gasteiger partial charge < -0.3 is 15.8 Å². The molecular formula is C11H23N3O2. The predicted octanol–water partition coefficient (Wildman–Crippen LogP) is -0.439. The standard InChI is InChI=1S/C11H23N3O2/c1-3-13-11(15)6-10(7-12)14(2)9-4-5-16-8-9/h9-10H,3-8,12H2,1-2H3,(H,13,15). The molecule has 5 heteroatoms. The number of carbonyl (C=O) groups excluding carboxylic acids is 1. The van der Waals surface area contributed by atoms with Crippen molar-refractivity contribution in [3.63, 3.8) is 0 Å². The zero-order valence-corrected chi connectivity index (χ0v) is 10.2. The summed E-state index contributed by atoms with van der Waals surface area (Å²) in [5, 5.41) is 2.80. The lowest BCUT2D eigenvalue weighted by atomic mass is 10.1. The fourth-order valence-corrected chi connectivity index (χ4v) is 2.02. The van der Waals surface area contributed by atoms with E-state index in [-0.39, 0.29) is 11.9 Å². The van der Waals surface area contributed by atoms with Crippen LogP contribution in [0.3, 0.4) is 0 Å². The summed E-state index contributed by atoms with van der Waals surface area (Å²) in [4.78, 5) is 13.7. The number of rotatable bonds is 6. The number of nitrogens with one attached hydrogen (secondary N) is 1. The number of hydrogen-bond acceptors (Lipinski definition) is 4. The van der Waals surface area contributed by atoms with E-state index in [9.17, 15) is 4.79 Å². The zero-order chi connectivity index (χ0) is 12.0. The molecule has 0 radical (unpaired) electrons. The summed E-state index contributed by atoms with van der Waals surface area (Å²) in [6.45, 7) is 4.66. The van der Waals surface area contributed by atoms with Crippen LogP contribution in [0.2, 0.25) is 0 Å². The van der Waals surface area contributed by atoms with E-state index in [1.807, 2.05) is 14.0 Å². The predicted molar refractivity (Wildman–Crippen MR) is 63.1 cm³/mol. The molecule has 1 amide bonds. The Morgan fingerprint density at radius 3 is 2.94 bits per heavy atom. The van der Waals surface area contributed by atoms with Crippen molar-refractivity contribution in [2.45, 2.75) is 31.8 Å². The summed E-state index contributed by atoms with van der Waals surface area (Å²) in [6, 6.07) is 0.515. The number of carbonyl (C=O) groups is 1. The third-order valence-electron chi connectivity index (χ3n) is 3.12. The normalized spacial score (nSPS) is 22.4. The quantitative estimate of drug-likeness (QED) is 0.648. The highest BCUT2D eigenvalue weighted by molar-refractivity contribution is 5.76. The van der Waals surface area contributed by atoms with Crippen molar-refractivity contribution in [3.05, 3.63) is 0 Å². The van der Waals surface area contributed by atoms with Crippen LogP contribution in [0.15, 0.2) is 0 Å². The molecule has 5 nitrogen and oxygen atoms in total. The van der Waals surface area contributed by atoms with Crippen molar-refractivity contribution in [2.24, 2.45) is 5.73 Å². The molecule has 3 N–H and O–H groups in total. The Hall–Kier alpha value is -0.650. The second-order valence-corrected chi connectivity index (χ2v) is 4.23. The van der Waals surface area contributed by atoms with E-state index in [0.717, 1.165) is 19.6 Å². The highest BCUT2D eigenvalue weighted by Gasteiger charge is 2.26. The van der Waals surface area contributed by atoms with Gasteiger partial charge in [-0.25, -0.2) is 0 Å². The fraction of sp³-hybridized carbons (Fsp3) is 0.909. The maximum atomic E-state index is 11.5. The molecule has 0 aromatic rings. The SMILES string of the molecule is CCNC(=O)CC(CN)N(C)C1CCOC1. The summed E-state index contributed by atoms with van der Waals surface area (Å²) in [6.07, 6.45) is 1.50. The van der Waals surface area contributed by atoms with Crippen molar-refractivity contribution in [2.75, 3.05) is 33.4 Å². The minimum absolute atomic E-state index is 0.0729. The summed E-state index contributed by atoms with van der Waals surface area (Å²) >= 11 is 0. The average Bonchev–Trinajstić information content (AvgIpc) is 2.78. The maximum absolute atomic E-state index is 11.5. The van der Waals surface area contributed by atoms with E-state index in [4.69, 9.17) is 10.5 Å². The van der Waals surface area contributed by atoms with Gasteiger partial charge in [-0.15, -0.1) is 0 Å². The molecule has 2 unspecified atom stereocenters. The largest absolute Gasteiger partial charge is 0.380 e. The van der Waals surface area contributed by atoms with Crippen LogP contribution >= 0.6 is 0 Å². The van der Waals surface area contributed by atoms with Gasteiger partial charge in [0.1, 0.15) is 0 Å². The summed E-state index contributed by atoms with van der Waals surface area (Å²) in [7, 11) is 2.02. The third kappa shape index (κ3) is 3.73. The van der Waals surface area contributed by atoms with Gasteiger partial charge in [-0.2, -0.15) is 0 Å². The molecule has 1 heterocycles. The van der Waals surface area contributed by atoms with Gasteiger partial charge in [0.15, 0.2) is 0 Å². The van der Waals surface area contributed by atoms with E-state index >= 15 is 0 Å². The van der Waals surface area contributed by atoms with E-state index in [2.05, 4.69) is 10.2 Å². The zero-order valence-electron chi connectivity index (χ0n) is 10.2. The highest BCUT2D eigenvalue weighted by Crippen LogP contribution is 2.14. The molecule has 0 aliphatic carbocycles. The lowest BCUT2D eigenvalue weighted by Gasteiger charge is -2.31. The minimum Gasteiger partial charge on any atom is -0.380 e. The van der Waals surface area contributed by atoms with Gasteiger partial charge in [-0.1, -0.05) is 0 Å². The Labute approximate surface area is 97.3 Å². The average molecular weight is 229 g/mol. The molecule has 0 spiro atoms. The summed E-state index contributed by atoms with van der Waals surface area (Å²) in [5.41, 5.74) is 5.72. The second-order valence-electron chi connectivity index (χ2n) is 4.23. The molecule has 0 aromatic carbocycles. The first-order valence-corrected chi connectivity index (χ1v) is 5.95. The van der Waals surface area contributed by atoms with Crippen LogP contribution in [-0.2, 0) is 9.53 Å².